The van der Waals surface area contributed by atoms with Crippen LogP contribution in [0.5, 0.6) is 5.75 Å². The Hall–Kier alpha value is -0.540. The number of methoxy groups -OCH3 is 1. The quantitative estimate of drug-likeness (QED) is 0.729. The Bertz CT molecular complexity index is 255. The van der Waals surface area contributed by atoms with Crippen molar-refractivity contribution in [1.29, 1.82) is 0 Å². The summed E-state index contributed by atoms with van der Waals surface area (Å²) in [6, 6.07) is 7.70. The molecule has 0 aliphatic rings. The fourth-order valence-corrected chi connectivity index (χ4v) is 0.835. The third-order valence-corrected chi connectivity index (χ3v) is 1.58. The maximum Gasteiger partial charge on any atom is 0.218 e. The number of ether oxygens (including phenoxy) is 1. The molecular weight excluding hydrogens is 255 g/mol. The molecule has 0 radical (unpaired) electrons. The van der Waals surface area contributed by atoms with Crippen molar-refractivity contribution in [2.75, 3.05) is 7.11 Å². The van der Waals surface area contributed by atoms with Gasteiger partial charge in [-0.2, -0.15) is 0 Å². The molecule has 13 heavy (non-hydrogen) atoms. The topological polar surface area (TPSA) is 26.3 Å². The van der Waals surface area contributed by atoms with Crippen LogP contribution in [0.15, 0.2) is 28.7 Å². The van der Waals surface area contributed by atoms with Crippen LogP contribution < -0.4 is 4.74 Å². The van der Waals surface area contributed by atoms with Gasteiger partial charge in [0.15, 0.2) is 0 Å². The summed E-state index contributed by atoms with van der Waals surface area (Å²) in [4.78, 5) is 9.21. The zero-order valence-corrected chi connectivity index (χ0v) is 9.72. The number of hydrogen-bond acceptors (Lipinski definition) is 2. The maximum atomic E-state index is 9.21. The number of hydrogen-bond donors (Lipinski definition) is 0. The molecule has 2 nitrogen and oxygen atoms in total. The van der Waals surface area contributed by atoms with Gasteiger partial charge in [-0.15, -0.1) is 0 Å². The second kappa shape index (κ2) is 6.92. The molecule has 72 valence electrons. The van der Waals surface area contributed by atoms with Crippen molar-refractivity contribution >= 4 is 32.8 Å². The Morgan fingerprint density at radius 2 is 1.77 bits per heavy atom. The molecule has 0 heterocycles. The van der Waals surface area contributed by atoms with E-state index in [1.807, 2.05) is 24.3 Å². The van der Waals surface area contributed by atoms with Crippen LogP contribution in [0.1, 0.15) is 6.92 Å². The predicted molar refractivity (Wildman–Crippen MR) is 57.2 cm³/mol. The molecule has 0 N–H and O–H groups in total. The van der Waals surface area contributed by atoms with Gasteiger partial charge in [-0.1, -0.05) is 15.9 Å². The highest BCUT2D eigenvalue weighted by molar-refractivity contribution is 9.10. The van der Waals surface area contributed by atoms with E-state index in [1.165, 1.54) is 6.92 Å². The summed E-state index contributed by atoms with van der Waals surface area (Å²) >= 11 is 7.95. The van der Waals surface area contributed by atoms with Crippen LogP contribution in [0.2, 0.25) is 0 Å². The number of benzene rings is 1. The van der Waals surface area contributed by atoms with Gasteiger partial charge in [0.1, 0.15) is 5.75 Å². The Kier molecular flexibility index (Phi) is 6.63. The lowest BCUT2D eigenvalue weighted by Gasteiger charge is -1.96. The third kappa shape index (κ3) is 7.81. The lowest BCUT2D eigenvalue weighted by atomic mass is 10.3. The minimum Gasteiger partial charge on any atom is -0.497 e. The van der Waals surface area contributed by atoms with Crippen LogP contribution >= 0.6 is 27.5 Å². The SMILES string of the molecule is CC(=O)Cl.COc1ccc(Br)cc1. The van der Waals surface area contributed by atoms with Crippen molar-refractivity contribution < 1.29 is 9.53 Å². The van der Waals surface area contributed by atoms with Crippen LogP contribution in [0.25, 0.3) is 0 Å². The minimum atomic E-state index is -0.361. The van der Waals surface area contributed by atoms with Gasteiger partial charge >= 0.3 is 0 Å². The average molecular weight is 266 g/mol. The van der Waals surface area contributed by atoms with Gasteiger partial charge in [0.05, 0.1) is 7.11 Å². The van der Waals surface area contributed by atoms with Crippen molar-refractivity contribution in [3.05, 3.63) is 28.7 Å². The molecule has 1 rings (SSSR count). The molecule has 0 aliphatic carbocycles. The molecule has 0 saturated heterocycles. The molecule has 1 aromatic rings. The minimum absolute atomic E-state index is 0.361. The molecule has 0 saturated carbocycles. The molecule has 1 aromatic carbocycles. The third-order valence-electron chi connectivity index (χ3n) is 1.05. The van der Waals surface area contributed by atoms with Crippen molar-refractivity contribution in [2.24, 2.45) is 0 Å². The van der Waals surface area contributed by atoms with Crippen molar-refractivity contribution in [3.63, 3.8) is 0 Å². The van der Waals surface area contributed by atoms with Crippen molar-refractivity contribution in [2.45, 2.75) is 6.92 Å². The van der Waals surface area contributed by atoms with Crippen LogP contribution in [0.3, 0.4) is 0 Å². The Morgan fingerprint density at radius 3 is 2.08 bits per heavy atom. The van der Waals surface area contributed by atoms with E-state index >= 15 is 0 Å². The predicted octanol–water partition coefficient (Wildman–Crippen LogP) is 3.23. The second-order valence-corrected chi connectivity index (χ2v) is 3.58. The van der Waals surface area contributed by atoms with Gasteiger partial charge in [-0.25, -0.2) is 0 Å². The number of rotatable bonds is 1. The zero-order valence-electron chi connectivity index (χ0n) is 7.38. The molecule has 4 heteroatoms. The second-order valence-electron chi connectivity index (χ2n) is 2.13. The van der Waals surface area contributed by atoms with Crippen LogP contribution in [0.4, 0.5) is 0 Å². The Morgan fingerprint density at radius 1 is 1.38 bits per heavy atom. The van der Waals surface area contributed by atoms with E-state index in [4.69, 9.17) is 4.74 Å². The molecule has 0 unspecified atom stereocenters. The van der Waals surface area contributed by atoms with Crippen LogP contribution in [-0.2, 0) is 4.79 Å². The van der Waals surface area contributed by atoms with Crippen LogP contribution in [0, 0.1) is 0 Å². The highest BCUT2D eigenvalue weighted by Crippen LogP contribution is 2.14. The monoisotopic (exact) mass is 264 g/mol. The van der Waals surface area contributed by atoms with E-state index in [1.54, 1.807) is 7.11 Å². The number of carbonyl (C=O) groups is 1. The standard InChI is InChI=1S/C7H7BrO.C2H3ClO/c1-9-7-4-2-6(8)3-5-7;1-2(3)4/h2-5H,1H3;1H3. The molecule has 0 aliphatic heterocycles. The van der Waals surface area contributed by atoms with E-state index in [0.717, 1.165) is 10.2 Å². The molecule has 0 bridgehead atoms. The van der Waals surface area contributed by atoms with Gasteiger partial charge in [0.2, 0.25) is 5.24 Å². The Labute approximate surface area is 91.0 Å². The first-order valence-electron chi connectivity index (χ1n) is 3.52. The maximum absolute atomic E-state index is 9.21. The van der Waals surface area contributed by atoms with E-state index < -0.39 is 0 Å². The first-order chi connectivity index (χ1) is 6.06. The van der Waals surface area contributed by atoms with Gasteiger partial charge in [-0.05, 0) is 35.9 Å². The summed E-state index contributed by atoms with van der Waals surface area (Å²) in [6.45, 7) is 1.29. The normalized spacial score (nSPS) is 8.31. The van der Waals surface area contributed by atoms with E-state index in [2.05, 4.69) is 27.5 Å². The fraction of sp³-hybridized carbons (Fsp3) is 0.222. The first kappa shape index (κ1) is 12.5. The summed E-state index contributed by atoms with van der Waals surface area (Å²) in [5, 5.41) is -0.361. The number of halogens is 2. The first-order valence-corrected chi connectivity index (χ1v) is 4.69. The van der Waals surface area contributed by atoms with Gasteiger partial charge in [0.25, 0.3) is 0 Å². The Balaban J connectivity index is 0.000000310. The highest BCUT2D eigenvalue weighted by atomic mass is 79.9. The van der Waals surface area contributed by atoms with Gasteiger partial charge < -0.3 is 4.74 Å². The fourth-order valence-electron chi connectivity index (χ4n) is 0.571. The molecule has 0 amide bonds. The molecule has 0 spiro atoms. The highest BCUT2D eigenvalue weighted by Gasteiger charge is 1.86. The van der Waals surface area contributed by atoms with E-state index in [-0.39, 0.29) is 5.24 Å². The smallest absolute Gasteiger partial charge is 0.218 e. The van der Waals surface area contributed by atoms with Crippen LogP contribution in [-0.4, -0.2) is 12.4 Å². The average Bonchev–Trinajstić information content (AvgIpc) is 2.05. The van der Waals surface area contributed by atoms with E-state index in [9.17, 15) is 4.79 Å². The summed E-state index contributed by atoms with van der Waals surface area (Å²) < 4.78 is 6.02. The summed E-state index contributed by atoms with van der Waals surface area (Å²) in [5.41, 5.74) is 0. The molecule has 0 atom stereocenters. The molecule has 0 aromatic heterocycles. The summed E-state index contributed by atoms with van der Waals surface area (Å²) in [7, 11) is 1.66. The van der Waals surface area contributed by atoms with Crippen molar-refractivity contribution in [1.82, 2.24) is 0 Å². The van der Waals surface area contributed by atoms with Crippen molar-refractivity contribution in [3.8, 4) is 5.75 Å². The van der Waals surface area contributed by atoms with E-state index in [0.29, 0.717) is 0 Å². The summed E-state index contributed by atoms with van der Waals surface area (Å²) in [6.07, 6.45) is 0. The summed E-state index contributed by atoms with van der Waals surface area (Å²) in [5.74, 6) is 0.887. The lowest BCUT2D eigenvalue weighted by molar-refractivity contribution is -0.109. The molecule has 0 fully saturated rings. The number of carbonyl (C=O) groups excluding carboxylic acids is 1. The molecular formula is C9H10BrClO2. The zero-order chi connectivity index (χ0) is 10.3. The lowest BCUT2D eigenvalue weighted by Crippen LogP contribution is -1.79. The van der Waals surface area contributed by atoms with Gasteiger partial charge in [0, 0.05) is 11.4 Å². The van der Waals surface area contributed by atoms with Gasteiger partial charge in [-0.3, -0.25) is 4.79 Å². The largest absolute Gasteiger partial charge is 0.497 e.